The molecule has 29 heavy (non-hydrogen) atoms. The van der Waals surface area contributed by atoms with Crippen molar-refractivity contribution in [2.75, 3.05) is 0 Å². The van der Waals surface area contributed by atoms with Gasteiger partial charge in [-0.15, -0.1) is 11.3 Å². The summed E-state index contributed by atoms with van der Waals surface area (Å²) in [5.74, 6) is 0.891. The summed E-state index contributed by atoms with van der Waals surface area (Å²) in [6.07, 6.45) is 0.894. The molecule has 0 bridgehead atoms. The number of hydrogen-bond acceptors (Lipinski definition) is 4. The number of rotatable bonds is 8. The van der Waals surface area contributed by atoms with Crippen LogP contribution in [0.25, 0.3) is 0 Å². The molecule has 1 amide bonds. The van der Waals surface area contributed by atoms with Crippen LogP contribution in [0.2, 0.25) is 0 Å². The third kappa shape index (κ3) is 5.67. The van der Waals surface area contributed by atoms with Gasteiger partial charge in [0.15, 0.2) is 0 Å². The molecular weight excluding hydrogens is 380 g/mol. The lowest BCUT2D eigenvalue weighted by atomic mass is 10.1. The molecule has 0 fully saturated rings. The fourth-order valence-electron chi connectivity index (χ4n) is 3.02. The van der Waals surface area contributed by atoms with Gasteiger partial charge in [0, 0.05) is 17.0 Å². The number of aryl methyl sites for hydroxylation is 2. The third-order valence-electron chi connectivity index (χ3n) is 4.97. The van der Waals surface area contributed by atoms with Crippen molar-refractivity contribution >= 4 is 17.2 Å². The molecule has 0 N–H and O–H groups in total. The summed E-state index contributed by atoms with van der Waals surface area (Å²) in [6.45, 7) is 9.19. The molecule has 3 aromatic rings. The van der Waals surface area contributed by atoms with Gasteiger partial charge in [-0.2, -0.15) is 0 Å². The van der Waals surface area contributed by atoms with E-state index in [1.807, 2.05) is 72.7 Å². The van der Waals surface area contributed by atoms with E-state index in [-0.39, 0.29) is 11.9 Å². The van der Waals surface area contributed by atoms with Gasteiger partial charge in [0.05, 0.1) is 12.2 Å². The minimum absolute atomic E-state index is 0.0462. The summed E-state index contributed by atoms with van der Waals surface area (Å²) < 4.78 is 5.86. The second-order valence-corrected chi connectivity index (χ2v) is 8.34. The van der Waals surface area contributed by atoms with Gasteiger partial charge < -0.3 is 9.64 Å². The Morgan fingerprint density at radius 1 is 1.14 bits per heavy atom. The van der Waals surface area contributed by atoms with E-state index in [2.05, 4.69) is 13.8 Å². The summed E-state index contributed by atoms with van der Waals surface area (Å²) >= 11 is 1.57. The van der Waals surface area contributed by atoms with E-state index >= 15 is 0 Å². The van der Waals surface area contributed by atoms with E-state index in [4.69, 9.17) is 9.72 Å². The molecule has 0 aliphatic heterocycles. The first kappa shape index (κ1) is 21.1. The molecule has 0 spiro atoms. The maximum Gasteiger partial charge on any atom is 0.254 e. The number of hydrogen-bond donors (Lipinski definition) is 0. The average Bonchev–Trinajstić information content (AvgIpc) is 3.17. The van der Waals surface area contributed by atoms with Crippen LogP contribution in [0, 0.1) is 13.8 Å². The summed E-state index contributed by atoms with van der Waals surface area (Å²) in [5.41, 5.74) is 3.93. The Morgan fingerprint density at radius 2 is 1.90 bits per heavy atom. The number of amides is 1. The van der Waals surface area contributed by atoms with Gasteiger partial charge in [0.1, 0.15) is 17.4 Å². The average molecular weight is 409 g/mol. The Balaban J connectivity index is 1.68. The zero-order valence-corrected chi connectivity index (χ0v) is 18.3. The van der Waals surface area contributed by atoms with Gasteiger partial charge in [-0.25, -0.2) is 4.98 Å². The fraction of sp³-hybridized carbons (Fsp3) is 0.333. The maximum absolute atomic E-state index is 13.1. The van der Waals surface area contributed by atoms with Gasteiger partial charge >= 0.3 is 0 Å². The molecule has 152 valence electrons. The fourth-order valence-corrected chi connectivity index (χ4v) is 3.72. The van der Waals surface area contributed by atoms with E-state index in [1.165, 1.54) is 5.56 Å². The van der Waals surface area contributed by atoms with Crippen molar-refractivity contribution < 1.29 is 9.53 Å². The van der Waals surface area contributed by atoms with Crippen LogP contribution in [0.4, 0.5) is 0 Å². The monoisotopic (exact) mass is 408 g/mol. The maximum atomic E-state index is 13.1. The van der Waals surface area contributed by atoms with Crippen molar-refractivity contribution in [2.24, 2.45) is 0 Å². The quantitative estimate of drug-likeness (QED) is 0.474. The number of ether oxygens (including phenoxy) is 1. The molecule has 1 aromatic heterocycles. The topological polar surface area (TPSA) is 42.4 Å². The molecule has 5 heteroatoms. The van der Waals surface area contributed by atoms with Gasteiger partial charge in [-0.1, -0.05) is 36.8 Å². The molecule has 1 heterocycles. The van der Waals surface area contributed by atoms with Gasteiger partial charge in [0.2, 0.25) is 0 Å². The highest BCUT2D eigenvalue weighted by Crippen LogP contribution is 2.20. The Kier molecular flexibility index (Phi) is 7.04. The van der Waals surface area contributed by atoms with Crippen molar-refractivity contribution in [3.05, 3.63) is 81.3 Å². The Labute approximate surface area is 177 Å². The molecule has 2 aromatic carbocycles. The van der Waals surface area contributed by atoms with Crippen molar-refractivity contribution in [1.82, 2.24) is 9.88 Å². The Morgan fingerprint density at radius 3 is 2.59 bits per heavy atom. The van der Waals surface area contributed by atoms with E-state index in [0.717, 1.165) is 28.4 Å². The molecule has 3 rings (SSSR count). The lowest BCUT2D eigenvalue weighted by molar-refractivity contribution is 0.0669. The third-order valence-corrected chi connectivity index (χ3v) is 5.84. The van der Waals surface area contributed by atoms with Crippen LogP contribution in [0.1, 0.15) is 52.5 Å². The molecule has 4 nitrogen and oxygen atoms in total. The first-order valence-electron chi connectivity index (χ1n) is 9.96. The molecule has 0 radical (unpaired) electrons. The Bertz CT molecular complexity index is 950. The number of aromatic nitrogens is 1. The normalized spacial score (nSPS) is 11.9. The summed E-state index contributed by atoms with van der Waals surface area (Å²) in [4.78, 5) is 19.7. The molecular formula is C24H28N2O2S. The zero-order valence-electron chi connectivity index (χ0n) is 17.5. The van der Waals surface area contributed by atoms with Gasteiger partial charge in [-0.3, -0.25) is 4.79 Å². The first-order valence-corrected chi connectivity index (χ1v) is 10.8. The highest BCUT2D eigenvalue weighted by molar-refractivity contribution is 7.09. The van der Waals surface area contributed by atoms with Crippen LogP contribution in [0.5, 0.6) is 5.75 Å². The molecule has 0 unspecified atom stereocenters. The predicted molar refractivity (Wildman–Crippen MR) is 118 cm³/mol. The lowest BCUT2D eigenvalue weighted by Crippen LogP contribution is -2.37. The molecule has 1 atom stereocenters. The molecule has 0 saturated carbocycles. The van der Waals surface area contributed by atoms with Crippen LogP contribution < -0.4 is 4.74 Å². The number of benzene rings is 2. The SMILES string of the molecule is CC[C@@H](C)N(Cc1csc(COc2cccc(C)c2)n1)C(=O)c1ccc(C)cc1. The van der Waals surface area contributed by atoms with Crippen molar-refractivity contribution in [2.45, 2.75) is 53.3 Å². The molecule has 0 aliphatic rings. The van der Waals surface area contributed by atoms with Crippen LogP contribution in [0.3, 0.4) is 0 Å². The second-order valence-electron chi connectivity index (χ2n) is 7.39. The zero-order chi connectivity index (χ0) is 20.8. The van der Waals surface area contributed by atoms with Crippen molar-refractivity contribution in [3.8, 4) is 5.75 Å². The van der Waals surface area contributed by atoms with E-state index < -0.39 is 0 Å². The highest BCUT2D eigenvalue weighted by Gasteiger charge is 2.22. The van der Waals surface area contributed by atoms with Crippen molar-refractivity contribution in [3.63, 3.8) is 0 Å². The lowest BCUT2D eigenvalue weighted by Gasteiger charge is -2.28. The number of thiazole rings is 1. The standard InChI is InChI=1S/C24H28N2O2S/c1-5-19(4)26(24(27)20-11-9-17(2)10-12-20)14-21-16-29-23(25-21)15-28-22-8-6-7-18(3)13-22/h6-13,16,19H,5,14-15H2,1-4H3/t19-/m1/s1. The summed E-state index contributed by atoms with van der Waals surface area (Å²) in [5, 5.41) is 2.93. The summed E-state index contributed by atoms with van der Waals surface area (Å²) in [6, 6.07) is 15.9. The molecule has 0 saturated heterocycles. The smallest absolute Gasteiger partial charge is 0.254 e. The number of nitrogens with zero attached hydrogens (tertiary/aromatic N) is 2. The van der Waals surface area contributed by atoms with Crippen LogP contribution in [-0.2, 0) is 13.2 Å². The number of carbonyl (C=O) groups is 1. The van der Waals surface area contributed by atoms with E-state index in [0.29, 0.717) is 18.7 Å². The van der Waals surface area contributed by atoms with Crippen LogP contribution in [0.15, 0.2) is 53.9 Å². The van der Waals surface area contributed by atoms with Crippen LogP contribution in [-0.4, -0.2) is 21.8 Å². The molecule has 0 aliphatic carbocycles. The Hall–Kier alpha value is -2.66. The minimum Gasteiger partial charge on any atom is -0.486 e. The minimum atomic E-state index is 0.0462. The van der Waals surface area contributed by atoms with Crippen LogP contribution >= 0.6 is 11.3 Å². The van der Waals surface area contributed by atoms with E-state index in [1.54, 1.807) is 11.3 Å². The largest absolute Gasteiger partial charge is 0.486 e. The highest BCUT2D eigenvalue weighted by atomic mass is 32.1. The predicted octanol–water partition coefficient (Wildman–Crippen LogP) is 5.78. The first-order chi connectivity index (χ1) is 14.0. The summed E-state index contributed by atoms with van der Waals surface area (Å²) in [7, 11) is 0. The van der Waals surface area contributed by atoms with Gasteiger partial charge in [-0.05, 0) is 57.0 Å². The van der Waals surface area contributed by atoms with E-state index in [9.17, 15) is 4.79 Å². The number of carbonyl (C=O) groups excluding carboxylic acids is 1. The van der Waals surface area contributed by atoms with Gasteiger partial charge in [0.25, 0.3) is 5.91 Å². The second kappa shape index (κ2) is 9.70. The van der Waals surface area contributed by atoms with Crippen molar-refractivity contribution in [1.29, 1.82) is 0 Å².